The lowest BCUT2D eigenvalue weighted by Gasteiger charge is -2.12. The molecular weight excluding hydrogens is 416 g/mol. The SMILES string of the molecule is CCOc1cc(/C=C(\C#N)C(=O)Nc2ccc(C(=O)OC)cc2)ccc1OCC(=O)OC. The number of amides is 1. The van der Waals surface area contributed by atoms with Crippen LogP contribution in [0.3, 0.4) is 0 Å². The number of ether oxygens (including phenoxy) is 4. The van der Waals surface area contributed by atoms with Gasteiger partial charge in [-0.15, -0.1) is 0 Å². The summed E-state index contributed by atoms with van der Waals surface area (Å²) in [5, 5.41) is 12.0. The number of carbonyl (C=O) groups excluding carboxylic acids is 3. The Morgan fingerprint density at radius 3 is 2.31 bits per heavy atom. The van der Waals surface area contributed by atoms with Gasteiger partial charge in [0.25, 0.3) is 5.91 Å². The first kappa shape index (κ1) is 24.0. The van der Waals surface area contributed by atoms with Crippen molar-refractivity contribution in [1.82, 2.24) is 0 Å². The van der Waals surface area contributed by atoms with Gasteiger partial charge in [-0.1, -0.05) is 6.07 Å². The minimum absolute atomic E-state index is 0.146. The molecule has 2 rings (SSSR count). The number of rotatable bonds is 9. The summed E-state index contributed by atoms with van der Waals surface area (Å²) in [6.45, 7) is 1.84. The van der Waals surface area contributed by atoms with Gasteiger partial charge < -0.3 is 24.3 Å². The van der Waals surface area contributed by atoms with Gasteiger partial charge in [0.15, 0.2) is 18.1 Å². The van der Waals surface area contributed by atoms with Gasteiger partial charge in [0.2, 0.25) is 0 Å². The van der Waals surface area contributed by atoms with Crippen molar-refractivity contribution in [1.29, 1.82) is 5.26 Å². The van der Waals surface area contributed by atoms with E-state index >= 15 is 0 Å². The minimum atomic E-state index is -0.623. The molecule has 0 aromatic heterocycles. The quantitative estimate of drug-likeness (QED) is 0.360. The van der Waals surface area contributed by atoms with E-state index in [4.69, 9.17) is 9.47 Å². The molecule has 0 atom stereocenters. The van der Waals surface area contributed by atoms with Crippen LogP contribution in [0.4, 0.5) is 5.69 Å². The summed E-state index contributed by atoms with van der Waals surface area (Å²) in [7, 11) is 2.53. The third-order valence-electron chi connectivity index (χ3n) is 4.08. The minimum Gasteiger partial charge on any atom is -0.490 e. The summed E-state index contributed by atoms with van der Waals surface area (Å²) in [5.74, 6) is -0.990. The fourth-order valence-corrected chi connectivity index (χ4v) is 2.52. The number of anilines is 1. The summed E-state index contributed by atoms with van der Waals surface area (Å²) in [6, 6.07) is 12.7. The summed E-state index contributed by atoms with van der Waals surface area (Å²) in [5.41, 5.74) is 1.12. The molecule has 9 nitrogen and oxygen atoms in total. The van der Waals surface area contributed by atoms with Crippen molar-refractivity contribution in [3.63, 3.8) is 0 Å². The maximum Gasteiger partial charge on any atom is 0.343 e. The standard InChI is InChI=1S/C23H22N2O7/c1-4-31-20-12-15(5-10-19(20)32-14-21(26)29-2)11-17(13-24)22(27)25-18-8-6-16(7-9-18)23(28)30-3/h5-12H,4,14H2,1-3H3,(H,25,27)/b17-11+. The van der Waals surface area contributed by atoms with Crippen molar-refractivity contribution in [2.75, 3.05) is 32.8 Å². The molecule has 9 heteroatoms. The van der Waals surface area contributed by atoms with E-state index in [-0.39, 0.29) is 12.2 Å². The van der Waals surface area contributed by atoms with Gasteiger partial charge in [-0.05, 0) is 55.0 Å². The van der Waals surface area contributed by atoms with E-state index in [2.05, 4.69) is 14.8 Å². The van der Waals surface area contributed by atoms with Crippen LogP contribution in [0.15, 0.2) is 48.0 Å². The molecule has 2 aromatic carbocycles. The van der Waals surface area contributed by atoms with E-state index in [9.17, 15) is 19.6 Å². The van der Waals surface area contributed by atoms with Crippen molar-refractivity contribution in [3.8, 4) is 17.6 Å². The lowest BCUT2D eigenvalue weighted by atomic mass is 10.1. The van der Waals surface area contributed by atoms with Crippen LogP contribution in [-0.4, -0.2) is 45.3 Å². The number of nitrogens with one attached hydrogen (secondary N) is 1. The van der Waals surface area contributed by atoms with Crippen LogP contribution < -0.4 is 14.8 Å². The van der Waals surface area contributed by atoms with Crippen LogP contribution >= 0.6 is 0 Å². The first-order valence-electron chi connectivity index (χ1n) is 9.49. The summed E-state index contributed by atoms with van der Waals surface area (Å²) < 4.78 is 20.1. The van der Waals surface area contributed by atoms with E-state index in [1.807, 2.05) is 6.07 Å². The molecule has 0 heterocycles. The molecular formula is C23H22N2O7. The van der Waals surface area contributed by atoms with Gasteiger partial charge >= 0.3 is 11.9 Å². The first-order chi connectivity index (χ1) is 15.4. The summed E-state index contributed by atoms with van der Waals surface area (Å²) in [4.78, 5) is 35.3. The molecule has 0 radical (unpaired) electrons. The van der Waals surface area contributed by atoms with Crippen LogP contribution in [0.1, 0.15) is 22.8 Å². The van der Waals surface area contributed by atoms with Crippen molar-refractivity contribution in [3.05, 3.63) is 59.2 Å². The number of nitriles is 1. The first-order valence-corrected chi connectivity index (χ1v) is 9.49. The number of methoxy groups -OCH3 is 2. The lowest BCUT2D eigenvalue weighted by Crippen LogP contribution is -2.14. The van der Waals surface area contributed by atoms with Crippen molar-refractivity contribution < 1.29 is 33.3 Å². The second kappa shape index (κ2) is 11.8. The Bertz CT molecular complexity index is 1050. The average molecular weight is 438 g/mol. The monoisotopic (exact) mass is 438 g/mol. The Kier molecular flexibility index (Phi) is 8.80. The van der Waals surface area contributed by atoms with Crippen molar-refractivity contribution in [2.24, 2.45) is 0 Å². The topological polar surface area (TPSA) is 124 Å². The van der Waals surface area contributed by atoms with Crippen LogP contribution in [0.2, 0.25) is 0 Å². The molecule has 2 aromatic rings. The molecule has 0 aliphatic rings. The zero-order chi connectivity index (χ0) is 23.5. The van der Waals surface area contributed by atoms with Crippen molar-refractivity contribution >= 4 is 29.6 Å². The smallest absolute Gasteiger partial charge is 0.343 e. The largest absolute Gasteiger partial charge is 0.490 e. The molecule has 32 heavy (non-hydrogen) atoms. The van der Waals surface area contributed by atoms with E-state index < -0.39 is 17.8 Å². The highest BCUT2D eigenvalue weighted by Crippen LogP contribution is 2.29. The maximum absolute atomic E-state index is 12.5. The third kappa shape index (κ3) is 6.60. The Hall–Kier alpha value is -4.32. The van der Waals surface area contributed by atoms with Gasteiger partial charge in [-0.3, -0.25) is 4.79 Å². The average Bonchev–Trinajstić information content (AvgIpc) is 2.81. The number of nitrogens with zero attached hydrogens (tertiary/aromatic N) is 1. The highest BCUT2D eigenvalue weighted by Gasteiger charge is 2.13. The van der Waals surface area contributed by atoms with Crippen LogP contribution in [0.25, 0.3) is 6.08 Å². The fraction of sp³-hybridized carbons (Fsp3) is 0.217. The van der Waals surface area contributed by atoms with Crippen LogP contribution in [-0.2, 0) is 19.1 Å². The molecule has 0 saturated carbocycles. The second-order valence-corrected chi connectivity index (χ2v) is 6.20. The van der Waals surface area contributed by atoms with E-state index in [1.165, 1.54) is 44.6 Å². The van der Waals surface area contributed by atoms with Gasteiger partial charge in [-0.2, -0.15) is 5.26 Å². The Labute approximate surface area is 185 Å². The number of benzene rings is 2. The zero-order valence-corrected chi connectivity index (χ0v) is 17.8. The lowest BCUT2D eigenvalue weighted by molar-refractivity contribution is -0.142. The Morgan fingerprint density at radius 1 is 1.00 bits per heavy atom. The third-order valence-corrected chi connectivity index (χ3v) is 4.08. The molecule has 0 unspecified atom stereocenters. The highest BCUT2D eigenvalue weighted by molar-refractivity contribution is 6.09. The molecule has 0 aliphatic heterocycles. The Morgan fingerprint density at radius 2 is 1.72 bits per heavy atom. The highest BCUT2D eigenvalue weighted by atomic mass is 16.6. The predicted molar refractivity (Wildman–Crippen MR) is 115 cm³/mol. The predicted octanol–water partition coefficient (Wildman–Crippen LogP) is 2.97. The molecule has 1 N–H and O–H groups in total. The normalized spacial score (nSPS) is 10.5. The molecule has 0 saturated heterocycles. The molecule has 1 amide bonds. The summed E-state index contributed by atoms with van der Waals surface area (Å²) >= 11 is 0. The molecule has 166 valence electrons. The van der Waals surface area contributed by atoms with Crippen LogP contribution in [0, 0.1) is 11.3 Å². The number of esters is 2. The van der Waals surface area contributed by atoms with Gasteiger partial charge in [0.1, 0.15) is 11.6 Å². The number of hydrogen-bond acceptors (Lipinski definition) is 8. The van der Waals surface area contributed by atoms with Crippen LogP contribution in [0.5, 0.6) is 11.5 Å². The number of hydrogen-bond donors (Lipinski definition) is 1. The molecule has 0 spiro atoms. The van der Waals surface area contributed by atoms with Gasteiger partial charge in [-0.25, -0.2) is 9.59 Å². The van der Waals surface area contributed by atoms with Gasteiger partial charge in [0, 0.05) is 5.69 Å². The number of carbonyl (C=O) groups is 3. The zero-order valence-electron chi connectivity index (χ0n) is 17.8. The van der Waals surface area contributed by atoms with E-state index in [0.717, 1.165) is 0 Å². The van der Waals surface area contributed by atoms with E-state index in [1.54, 1.807) is 25.1 Å². The van der Waals surface area contributed by atoms with Gasteiger partial charge in [0.05, 0.1) is 26.4 Å². The molecule has 0 aliphatic carbocycles. The fourth-order valence-electron chi connectivity index (χ4n) is 2.52. The van der Waals surface area contributed by atoms with Crippen molar-refractivity contribution in [2.45, 2.75) is 6.92 Å². The second-order valence-electron chi connectivity index (χ2n) is 6.20. The van der Waals surface area contributed by atoms with E-state index in [0.29, 0.717) is 34.9 Å². The summed E-state index contributed by atoms with van der Waals surface area (Å²) in [6.07, 6.45) is 1.39. The maximum atomic E-state index is 12.5. The Balaban J connectivity index is 2.19. The molecule has 0 fully saturated rings. The molecule has 0 bridgehead atoms.